The van der Waals surface area contributed by atoms with Gasteiger partial charge in [0.25, 0.3) is 0 Å². The number of rotatable bonds is 4. The SMILES string of the molecule is NC(CSc1ccc(Cl)cc1)c1cc2ccccc2o1. The van der Waals surface area contributed by atoms with Gasteiger partial charge in [-0.3, -0.25) is 0 Å². The van der Waals surface area contributed by atoms with Crippen LogP contribution >= 0.6 is 23.4 Å². The second-order valence-electron chi connectivity index (χ2n) is 4.56. The summed E-state index contributed by atoms with van der Waals surface area (Å²) in [6.45, 7) is 0. The fourth-order valence-electron chi connectivity index (χ4n) is 1.98. The molecule has 2 nitrogen and oxygen atoms in total. The smallest absolute Gasteiger partial charge is 0.134 e. The number of benzene rings is 2. The van der Waals surface area contributed by atoms with Crippen LogP contribution in [-0.4, -0.2) is 5.75 Å². The Hall–Kier alpha value is -1.42. The Kier molecular flexibility index (Phi) is 4.01. The number of hydrogen-bond acceptors (Lipinski definition) is 3. The Labute approximate surface area is 126 Å². The fraction of sp³-hybridized carbons (Fsp3) is 0.125. The van der Waals surface area contributed by atoms with E-state index in [-0.39, 0.29) is 6.04 Å². The zero-order valence-electron chi connectivity index (χ0n) is 10.8. The first kappa shape index (κ1) is 13.6. The van der Waals surface area contributed by atoms with Crippen molar-refractivity contribution in [2.75, 3.05) is 5.75 Å². The average molecular weight is 304 g/mol. The van der Waals surface area contributed by atoms with Crippen molar-refractivity contribution in [3.8, 4) is 0 Å². The first-order valence-electron chi connectivity index (χ1n) is 6.35. The molecule has 1 aromatic heterocycles. The number of nitrogens with two attached hydrogens (primary N) is 1. The second kappa shape index (κ2) is 5.92. The molecule has 1 unspecified atom stereocenters. The first-order chi connectivity index (χ1) is 9.72. The summed E-state index contributed by atoms with van der Waals surface area (Å²) in [5.41, 5.74) is 7.08. The minimum absolute atomic E-state index is 0.122. The van der Waals surface area contributed by atoms with Crippen LogP contribution in [0.15, 0.2) is 63.9 Å². The third kappa shape index (κ3) is 3.01. The van der Waals surface area contributed by atoms with Crippen LogP contribution in [0.1, 0.15) is 11.8 Å². The number of furan rings is 1. The van der Waals surface area contributed by atoms with E-state index in [2.05, 4.69) is 0 Å². The van der Waals surface area contributed by atoms with Crippen molar-refractivity contribution < 1.29 is 4.42 Å². The third-order valence-corrected chi connectivity index (χ3v) is 4.44. The molecule has 1 heterocycles. The van der Waals surface area contributed by atoms with Crippen LogP contribution in [0.2, 0.25) is 5.02 Å². The van der Waals surface area contributed by atoms with E-state index in [9.17, 15) is 0 Å². The molecule has 0 aliphatic carbocycles. The maximum Gasteiger partial charge on any atom is 0.134 e. The van der Waals surface area contributed by atoms with Gasteiger partial charge in [0.2, 0.25) is 0 Å². The number of para-hydroxylation sites is 1. The quantitative estimate of drug-likeness (QED) is 0.698. The van der Waals surface area contributed by atoms with Gasteiger partial charge in [-0.05, 0) is 36.4 Å². The molecule has 0 saturated heterocycles. The van der Waals surface area contributed by atoms with Gasteiger partial charge >= 0.3 is 0 Å². The molecule has 3 rings (SSSR count). The van der Waals surface area contributed by atoms with Gasteiger partial charge in [0.05, 0.1) is 6.04 Å². The van der Waals surface area contributed by atoms with Gasteiger partial charge in [-0.1, -0.05) is 29.8 Å². The summed E-state index contributed by atoms with van der Waals surface area (Å²) in [7, 11) is 0. The van der Waals surface area contributed by atoms with Crippen LogP contribution in [0.3, 0.4) is 0 Å². The molecule has 0 amide bonds. The van der Waals surface area contributed by atoms with E-state index < -0.39 is 0 Å². The van der Waals surface area contributed by atoms with Crippen molar-refractivity contribution in [1.29, 1.82) is 0 Å². The normalized spacial score (nSPS) is 12.7. The summed E-state index contributed by atoms with van der Waals surface area (Å²) >= 11 is 7.56. The highest BCUT2D eigenvalue weighted by Gasteiger charge is 2.12. The Morgan fingerprint density at radius 2 is 1.85 bits per heavy atom. The highest BCUT2D eigenvalue weighted by Crippen LogP contribution is 2.28. The van der Waals surface area contributed by atoms with Crippen molar-refractivity contribution in [2.45, 2.75) is 10.9 Å². The molecule has 0 spiro atoms. The molecule has 0 bridgehead atoms. The lowest BCUT2D eigenvalue weighted by molar-refractivity contribution is 0.516. The van der Waals surface area contributed by atoms with Crippen LogP contribution < -0.4 is 5.73 Å². The lowest BCUT2D eigenvalue weighted by atomic mass is 10.2. The minimum atomic E-state index is -0.122. The molecule has 2 N–H and O–H groups in total. The highest BCUT2D eigenvalue weighted by atomic mass is 35.5. The van der Waals surface area contributed by atoms with Gasteiger partial charge in [0.1, 0.15) is 11.3 Å². The van der Waals surface area contributed by atoms with E-state index in [1.54, 1.807) is 11.8 Å². The van der Waals surface area contributed by atoms with Crippen molar-refractivity contribution in [3.05, 3.63) is 65.4 Å². The topological polar surface area (TPSA) is 39.2 Å². The Morgan fingerprint density at radius 1 is 1.10 bits per heavy atom. The van der Waals surface area contributed by atoms with Gasteiger partial charge in [0.15, 0.2) is 0 Å². The maximum absolute atomic E-state index is 6.20. The average Bonchev–Trinajstić information content (AvgIpc) is 2.90. The summed E-state index contributed by atoms with van der Waals surface area (Å²) in [6.07, 6.45) is 0. The monoisotopic (exact) mass is 303 g/mol. The summed E-state index contributed by atoms with van der Waals surface area (Å²) in [5.74, 6) is 1.59. The van der Waals surface area contributed by atoms with Gasteiger partial charge < -0.3 is 10.2 Å². The molecule has 3 aromatic rings. The predicted octanol–water partition coefficient (Wildman–Crippen LogP) is 4.88. The molecule has 20 heavy (non-hydrogen) atoms. The third-order valence-electron chi connectivity index (χ3n) is 3.05. The van der Waals surface area contributed by atoms with Gasteiger partial charge in [0, 0.05) is 21.1 Å². The molecule has 4 heteroatoms. The molecule has 1 atom stereocenters. The van der Waals surface area contributed by atoms with E-state index in [1.807, 2.05) is 54.6 Å². The Morgan fingerprint density at radius 3 is 2.60 bits per heavy atom. The molecule has 2 aromatic carbocycles. The highest BCUT2D eigenvalue weighted by molar-refractivity contribution is 7.99. The van der Waals surface area contributed by atoms with Gasteiger partial charge in [-0.25, -0.2) is 0 Å². The summed E-state index contributed by atoms with van der Waals surface area (Å²) < 4.78 is 5.78. The zero-order valence-corrected chi connectivity index (χ0v) is 12.3. The van der Waals surface area contributed by atoms with E-state index >= 15 is 0 Å². The number of hydrogen-bond donors (Lipinski definition) is 1. The predicted molar refractivity (Wildman–Crippen MR) is 85.3 cm³/mol. The zero-order chi connectivity index (χ0) is 13.9. The largest absolute Gasteiger partial charge is 0.459 e. The van der Waals surface area contributed by atoms with Crippen LogP contribution in [0.5, 0.6) is 0 Å². The lowest BCUT2D eigenvalue weighted by Gasteiger charge is -2.08. The Bertz CT molecular complexity index is 675. The number of halogens is 1. The van der Waals surface area contributed by atoms with E-state index in [0.29, 0.717) is 0 Å². The standard InChI is InChI=1S/C16H14ClNOS/c17-12-5-7-13(8-6-12)20-10-14(18)16-9-11-3-1-2-4-15(11)19-16/h1-9,14H,10,18H2. The first-order valence-corrected chi connectivity index (χ1v) is 7.71. The van der Waals surface area contributed by atoms with Crippen molar-refractivity contribution >= 4 is 34.3 Å². The molecule has 0 saturated carbocycles. The molecule has 0 aliphatic rings. The molecular weight excluding hydrogens is 290 g/mol. The fourth-order valence-corrected chi connectivity index (χ4v) is 2.97. The molecule has 0 radical (unpaired) electrons. The summed E-state index contributed by atoms with van der Waals surface area (Å²) in [5, 5.41) is 1.84. The number of fused-ring (bicyclic) bond motifs is 1. The van der Waals surface area contributed by atoms with E-state index in [0.717, 1.165) is 32.4 Å². The molecule has 0 fully saturated rings. The summed E-state index contributed by atoms with van der Waals surface area (Å²) in [6, 6.07) is 17.6. The van der Waals surface area contributed by atoms with Crippen molar-refractivity contribution in [2.24, 2.45) is 5.73 Å². The Balaban J connectivity index is 1.69. The minimum Gasteiger partial charge on any atom is -0.459 e. The van der Waals surface area contributed by atoms with Crippen LogP contribution in [-0.2, 0) is 0 Å². The van der Waals surface area contributed by atoms with Crippen molar-refractivity contribution in [1.82, 2.24) is 0 Å². The van der Waals surface area contributed by atoms with Crippen molar-refractivity contribution in [3.63, 3.8) is 0 Å². The maximum atomic E-state index is 6.20. The van der Waals surface area contributed by atoms with Crippen LogP contribution in [0.25, 0.3) is 11.0 Å². The lowest BCUT2D eigenvalue weighted by Crippen LogP contribution is -2.11. The van der Waals surface area contributed by atoms with E-state index in [4.69, 9.17) is 21.8 Å². The van der Waals surface area contributed by atoms with Gasteiger partial charge in [-0.2, -0.15) is 0 Å². The second-order valence-corrected chi connectivity index (χ2v) is 6.09. The molecular formula is C16H14ClNOS. The number of thioether (sulfide) groups is 1. The van der Waals surface area contributed by atoms with E-state index in [1.165, 1.54) is 0 Å². The molecule has 0 aliphatic heterocycles. The molecule has 102 valence electrons. The van der Waals surface area contributed by atoms with Crippen LogP contribution in [0.4, 0.5) is 0 Å². The summed E-state index contributed by atoms with van der Waals surface area (Å²) in [4.78, 5) is 1.15. The van der Waals surface area contributed by atoms with Gasteiger partial charge in [-0.15, -0.1) is 11.8 Å². The van der Waals surface area contributed by atoms with Crippen LogP contribution in [0, 0.1) is 0 Å².